The van der Waals surface area contributed by atoms with E-state index in [1.165, 1.54) is 5.56 Å². The number of urea groups is 1. The fourth-order valence-electron chi connectivity index (χ4n) is 2.09. The van der Waals surface area contributed by atoms with Crippen molar-refractivity contribution in [2.24, 2.45) is 0 Å². The fourth-order valence-corrected chi connectivity index (χ4v) is 2.21. The zero-order valence-electron chi connectivity index (χ0n) is 13.3. The maximum Gasteiger partial charge on any atom is 0.317 e. The van der Waals surface area contributed by atoms with Gasteiger partial charge in [0.05, 0.1) is 6.04 Å². The van der Waals surface area contributed by atoms with Gasteiger partial charge in [-0.2, -0.15) is 0 Å². The molecule has 0 saturated carbocycles. The molecule has 0 aliphatic rings. The van der Waals surface area contributed by atoms with Gasteiger partial charge in [-0.1, -0.05) is 42.8 Å². The maximum absolute atomic E-state index is 11.9. The molecule has 2 aromatic carbocycles. The molecule has 2 rings (SSSR count). The highest BCUT2D eigenvalue weighted by Crippen LogP contribution is 2.15. The lowest BCUT2D eigenvalue weighted by molar-refractivity contribution is 0.221. The summed E-state index contributed by atoms with van der Waals surface area (Å²) in [5.74, 6) is 0.651. The van der Waals surface area contributed by atoms with E-state index in [1.807, 2.05) is 19.1 Å². The summed E-state index contributed by atoms with van der Waals surface area (Å²) in [7, 11) is 0. The van der Waals surface area contributed by atoms with Gasteiger partial charge in [-0.3, -0.25) is 0 Å². The molecule has 5 heteroatoms. The van der Waals surface area contributed by atoms with Gasteiger partial charge in [0, 0.05) is 5.02 Å². The van der Waals surface area contributed by atoms with Gasteiger partial charge in [-0.25, -0.2) is 4.79 Å². The van der Waals surface area contributed by atoms with Crippen LogP contribution in [-0.4, -0.2) is 12.8 Å². The lowest BCUT2D eigenvalue weighted by Crippen LogP contribution is -2.38. The highest BCUT2D eigenvalue weighted by atomic mass is 35.5. The molecule has 2 amide bonds. The fraction of sp³-hybridized carbons (Fsp3) is 0.278. The zero-order valence-corrected chi connectivity index (χ0v) is 14.1. The average molecular weight is 333 g/mol. The van der Waals surface area contributed by atoms with Crippen LogP contribution in [0.4, 0.5) is 4.79 Å². The monoisotopic (exact) mass is 332 g/mol. The van der Waals surface area contributed by atoms with Crippen molar-refractivity contribution in [3.05, 3.63) is 64.7 Å². The Morgan fingerprint density at radius 2 is 1.78 bits per heavy atom. The molecular weight excluding hydrogens is 312 g/mol. The molecule has 0 aromatic heterocycles. The van der Waals surface area contributed by atoms with Crippen LogP contribution in [0.25, 0.3) is 0 Å². The third-order valence-corrected chi connectivity index (χ3v) is 3.77. The third kappa shape index (κ3) is 5.49. The van der Waals surface area contributed by atoms with Gasteiger partial charge in [-0.15, -0.1) is 0 Å². The van der Waals surface area contributed by atoms with Crippen LogP contribution in [0.3, 0.4) is 0 Å². The van der Waals surface area contributed by atoms with Crippen LogP contribution in [0.5, 0.6) is 5.75 Å². The Kier molecular flexibility index (Phi) is 6.29. The largest absolute Gasteiger partial charge is 0.473 e. The lowest BCUT2D eigenvalue weighted by Gasteiger charge is -2.16. The van der Waals surface area contributed by atoms with Crippen LogP contribution in [0, 0.1) is 0 Å². The van der Waals surface area contributed by atoms with Crippen LogP contribution in [-0.2, 0) is 6.42 Å². The molecule has 2 aromatic rings. The number of hydrogen-bond donors (Lipinski definition) is 2. The minimum absolute atomic E-state index is 0.0727. The molecule has 1 unspecified atom stereocenters. The summed E-state index contributed by atoms with van der Waals surface area (Å²) in [5, 5.41) is 6.19. The zero-order chi connectivity index (χ0) is 16.7. The molecule has 0 radical (unpaired) electrons. The van der Waals surface area contributed by atoms with Crippen molar-refractivity contribution in [1.82, 2.24) is 10.6 Å². The highest BCUT2D eigenvalue weighted by molar-refractivity contribution is 6.30. The number of amides is 2. The SMILES string of the molecule is CCc1ccc(C(C)NC(=O)NCOc2ccc(Cl)cc2)cc1. The first-order valence-corrected chi connectivity index (χ1v) is 7.98. The molecule has 1 atom stereocenters. The van der Waals surface area contributed by atoms with Crippen molar-refractivity contribution in [2.45, 2.75) is 26.3 Å². The van der Waals surface area contributed by atoms with Crippen molar-refractivity contribution in [1.29, 1.82) is 0 Å². The van der Waals surface area contributed by atoms with Gasteiger partial charge in [0.25, 0.3) is 0 Å². The van der Waals surface area contributed by atoms with Crippen LogP contribution < -0.4 is 15.4 Å². The molecule has 0 aliphatic heterocycles. The minimum atomic E-state index is -0.272. The molecule has 122 valence electrons. The van der Waals surface area contributed by atoms with Gasteiger partial charge in [0.1, 0.15) is 5.75 Å². The Balaban J connectivity index is 1.76. The standard InChI is InChI=1S/C18H21ClN2O2/c1-3-14-4-6-15(7-5-14)13(2)21-18(22)20-12-23-17-10-8-16(19)9-11-17/h4-11,13H,3,12H2,1-2H3,(H2,20,21,22). The van der Waals surface area contributed by atoms with E-state index in [-0.39, 0.29) is 18.8 Å². The Morgan fingerprint density at radius 3 is 2.39 bits per heavy atom. The predicted molar refractivity (Wildman–Crippen MR) is 92.8 cm³/mol. The summed E-state index contributed by atoms with van der Waals surface area (Å²) in [6.45, 7) is 4.15. The van der Waals surface area contributed by atoms with Gasteiger partial charge in [0.2, 0.25) is 0 Å². The summed E-state index contributed by atoms with van der Waals surface area (Å²) in [6, 6.07) is 14.9. The first-order chi connectivity index (χ1) is 11.1. The molecule has 0 aliphatic carbocycles. The van der Waals surface area contributed by atoms with E-state index in [1.54, 1.807) is 24.3 Å². The van der Waals surface area contributed by atoms with Gasteiger partial charge in [0.15, 0.2) is 6.73 Å². The summed E-state index contributed by atoms with van der Waals surface area (Å²) in [6.07, 6.45) is 1.00. The van der Waals surface area contributed by atoms with Crippen molar-refractivity contribution in [2.75, 3.05) is 6.73 Å². The Labute approximate surface area is 141 Å². The average Bonchev–Trinajstić information content (AvgIpc) is 2.56. The maximum atomic E-state index is 11.9. The van der Waals surface area contributed by atoms with Crippen molar-refractivity contribution in [3.8, 4) is 5.75 Å². The molecule has 23 heavy (non-hydrogen) atoms. The third-order valence-electron chi connectivity index (χ3n) is 3.52. The van der Waals surface area contributed by atoms with Crippen molar-refractivity contribution < 1.29 is 9.53 Å². The topological polar surface area (TPSA) is 50.4 Å². The van der Waals surface area contributed by atoms with E-state index in [4.69, 9.17) is 16.3 Å². The molecule has 0 heterocycles. The summed E-state index contributed by atoms with van der Waals surface area (Å²) in [4.78, 5) is 11.9. The Bertz CT molecular complexity index is 626. The second-order valence-electron chi connectivity index (χ2n) is 5.21. The lowest BCUT2D eigenvalue weighted by atomic mass is 10.1. The number of hydrogen-bond acceptors (Lipinski definition) is 2. The Morgan fingerprint density at radius 1 is 1.13 bits per heavy atom. The number of carbonyl (C=O) groups excluding carboxylic acids is 1. The number of carbonyl (C=O) groups is 1. The molecular formula is C18H21ClN2O2. The summed E-state index contributed by atoms with van der Waals surface area (Å²) < 4.78 is 5.42. The normalized spacial score (nSPS) is 11.6. The van der Waals surface area contributed by atoms with Crippen molar-refractivity contribution >= 4 is 17.6 Å². The molecule has 0 bridgehead atoms. The second-order valence-corrected chi connectivity index (χ2v) is 5.65. The molecule has 0 fully saturated rings. The van der Waals surface area contributed by atoms with E-state index < -0.39 is 0 Å². The summed E-state index contributed by atoms with van der Waals surface area (Å²) in [5.41, 5.74) is 2.35. The van der Waals surface area contributed by atoms with E-state index in [0.29, 0.717) is 10.8 Å². The van der Waals surface area contributed by atoms with Crippen LogP contribution >= 0.6 is 11.6 Å². The number of aryl methyl sites for hydroxylation is 1. The minimum Gasteiger partial charge on any atom is -0.473 e. The van der Waals surface area contributed by atoms with Gasteiger partial charge >= 0.3 is 6.03 Å². The smallest absolute Gasteiger partial charge is 0.317 e. The predicted octanol–water partition coefficient (Wildman–Crippen LogP) is 4.30. The number of nitrogens with one attached hydrogen (secondary N) is 2. The quantitative estimate of drug-likeness (QED) is 0.775. The van der Waals surface area contributed by atoms with Crippen LogP contribution in [0.15, 0.2) is 48.5 Å². The molecule has 2 N–H and O–H groups in total. The first-order valence-electron chi connectivity index (χ1n) is 7.60. The molecule has 0 spiro atoms. The first kappa shape index (κ1) is 17.2. The highest BCUT2D eigenvalue weighted by Gasteiger charge is 2.09. The number of halogens is 1. The van der Waals surface area contributed by atoms with Crippen molar-refractivity contribution in [3.63, 3.8) is 0 Å². The number of benzene rings is 2. The molecule has 0 saturated heterocycles. The second kappa shape index (κ2) is 8.44. The van der Waals surface area contributed by atoms with E-state index >= 15 is 0 Å². The van der Waals surface area contributed by atoms with E-state index in [9.17, 15) is 4.79 Å². The number of ether oxygens (including phenoxy) is 1. The van der Waals surface area contributed by atoms with Crippen LogP contribution in [0.1, 0.15) is 31.0 Å². The van der Waals surface area contributed by atoms with E-state index in [2.05, 4.69) is 29.7 Å². The van der Waals surface area contributed by atoms with Gasteiger partial charge in [-0.05, 0) is 48.7 Å². The summed E-state index contributed by atoms with van der Waals surface area (Å²) >= 11 is 5.80. The van der Waals surface area contributed by atoms with E-state index in [0.717, 1.165) is 12.0 Å². The Hall–Kier alpha value is -2.20. The molecule has 4 nitrogen and oxygen atoms in total. The number of rotatable bonds is 6. The van der Waals surface area contributed by atoms with Gasteiger partial charge < -0.3 is 15.4 Å². The van der Waals surface area contributed by atoms with Crippen LogP contribution in [0.2, 0.25) is 5.02 Å².